The Balaban J connectivity index is 1.79. The first kappa shape index (κ1) is 14.5. The third kappa shape index (κ3) is 2.36. The second kappa shape index (κ2) is 5.82. The van der Waals surface area contributed by atoms with Crippen LogP contribution in [-0.4, -0.2) is 21.6 Å². The fourth-order valence-electron chi connectivity index (χ4n) is 3.75. The molecule has 6 heteroatoms. The lowest BCUT2D eigenvalue weighted by Crippen LogP contribution is -2.19. The number of fused-ring (bicyclic) bond motifs is 3. The number of hydrogen-bond donors (Lipinski definition) is 1. The molecule has 1 saturated carbocycles. The molecule has 0 atom stereocenters. The molecule has 4 rings (SSSR count). The Labute approximate surface area is 139 Å². The van der Waals surface area contributed by atoms with Gasteiger partial charge in [-0.3, -0.25) is 4.98 Å². The Hall–Kier alpha value is -2.13. The van der Waals surface area contributed by atoms with Gasteiger partial charge in [0.1, 0.15) is 5.52 Å². The molecular weight excluding hydrogens is 306 g/mol. The molecule has 3 heterocycles. The summed E-state index contributed by atoms with van der Waals surface area (Å²) in [6.07, 6.45) is 7.04. The van der Waals surface area contributed by atoms with E-state index in [1.54, 1.807) is 11.3 Å². The van der Waals surface area contributed by atoms with Crippen LogP contribution in [0.3, 0.4) is 0 Å². The maximum absolute atomic E-state index is 8.91. The quantitative estimate of drug-likeness (QED) is 0.778. The molecule has 1 aliphatic carbocycles. The van der Waals surface area contributed by atoms with Crippen LogP contribution in [0.4, 0.5) is 5.95 Å². The molecule has 0 unspecified atom stereocenters. The third-order valence-electron chi connectivity index (χ3n) is 4.91. The van der Waals surface area contributed by atoms with Gasteiger partial charge in [0.25, 0.3) is 0 Å². The van der Waals surface area contributed by atoms with Crippen molar-refractivity contribution in [2.24, 2.45) is 5.92 Å². The van der Waals surface area contributed by atoms with Crippen molar-refractivity contribution in [3.8, 4) is 6.07 Å². The Morgan fingerprint density at radius 2 is 2.17 bits per heavy atom. The van der Waals surface area contributed by atoms with Crippen LogP contribution in [0, 0.1) is 17.2 Å². The molecule has 5 nitrogen and oxygen atoms in total. The number of nitrogens with zero attached hydrogens (tertiary/aromatic N) is 4. The molecule has 118 valence electrons. The summed E-state index contributed by atoms with van der Waals surface area (Å²) in [6, 6.07) is 4.84. The van der Waals surface area contributed by atoms with Crippen LogP contribution < -0.4 is 5.32 Å². The zero-order valence-corrected chi connectivity index (χ0v) is 13.9. The summed E-state index contributed by atoms with van der Waals surface area (Å²) in [5, 5.41) is 14.3. The van der Waals surface area contributed by atoms with Gasteiger partial charge in [-0.1, -0.05) is 0 Å². The highest BCUT2D eigenvalue weighted by Crippen LogP contribution is 2.39. The SMILES string of the molecule is CNc1nc2cnc3ccsc3c2n1C1CCC(CC#N)CC1. The summed E-state index contributed by atoms with van der Waals surface area (Å²) in [5.74, 6) is 1.49. The van der Waals surface area contributed by atoms with Gasteiger partial charge in [-0.15, -0.1) is 11.3 Å². The summed E-state index contributed by atoms with van der Waals surface area (Å²) in [5.41, 5.74) is 3.21. The van der Waals surface area contributed by atoms with Crippen molar-refractivity contribution in [1.29, 1.82) is 5.26 Å². The highest BCUT2D eigenvalue weighted by molar-refractivity contribution is 7.18. The number of hydrogen-bond acceptors (Lipinski definition) is 5. The summed E-state index contributed by atoms with van der Waals surface area (Å²) < 4.78 is 3.59. The fraction of sp³-hybridized carbons (Fsp3) is 0.471. The Bertz CT molecular complexity index is 880. The summed E-state index contributed by atoms with van der Waals surface area (Å²) in [4.78, 5) is 9.25. The molecule has 0 radical (unpaired) electrons. The van der Waals surface area contributed by atoms with Gasteiger partial charge in [-0.05, 0) is 43.0 Å². The molecule has 0 bridgehead atoms. The normalized spacial score (nSPS) is 21.6. The number of anilines is 1. The van der Waals surface area contributed by atoms with Crippen LogP contribution in [0.2, 0.25) is 0 Å². The van der Waals surface area contributed by atoms with Gasteiger partial charge < -0.3 is 9.88 Å². The van der Waals surface area contributed by atoms with Gasteiger partial charge in [-0.25, -0.2) is 4.98 Å². The van der Waals surface area contributed by atoms with E-state index in [-0.39, 0.29) is 0 Å². The number of rotatable bonds is 3. The fourth-order valence-corrected chi connectivity index (χ4v) is 4.64. The highest BCUT2D eigenvalue weighted by Gasteiger charge is 2.26. The van der Waals surface area contributed by atoms with E-state index in [9.17, 15) is 0 Å². The van der Waals surface area contributed by atoms with E-state index in [2.05, 4.69) is 32.4 Å². The number of pyridine rings is 1. The van der Waals surface area contributed by atoms with E-state index in [1.807, 2.05) is 13.2 Å². The van der Waals surface area contributed by atoms with Crippen LogP contribution in [0.15, 0.2) is 17.6 Å². The molecule has 1 aliphatic rings. The highest BCUT2D eigenvalue weighted by atomic mass is 32.1. The maximum atomic E-state index is 8.91. The third-order valence-corrected chi connectivity index (χ3v) is 5.82. The van der Waals surface area contributed by atoms with Gasteiger partial charge >= 0.3 is 0 Å². The van der Waals surface area contributed by atoms with Gasteiger partial charge in [0.2, 0.25) is 5.95 Å². The molecule has 0 spiro atoms. The number of imidazole rings is 1. The van der Waals surface area contributed by atoms with Gasteiger partial charge in [-0.2, -0.15) is 5.26 Å². The van der Waals surface area contributed by atoms with E-state index in [1.165, 1.54) is 10.2 Å². The van der Waals surface area contributed by atoms with Crippen molar-refractivity contribution in [1.82, 2.24) is 14.5 Å². The van der Waals surface area contributed by atoms with Crippen molar-refractivity contribution in [2.75, 3.05) is 12.4 Å². The standard InChI is InChI=1S/C17H19N5S/c1-19-17-21-14-10-20-13-7-9-23-16(13)15(14)22(17)12-4-2-11(3-5-12)6-8-18/h7,9-12H,2-6H2,1H3,(H,19,21). The molecule has 1 fully saturated rings. The second-order valence-electron chi connectivity index (χ2n) is 6.22. The van der Waals surface area contributed by atoms with E-state index < -0.39 is 0 Å². The summed E-state index contributed by atoms with van der Waals surface area (Å²) in [7, 11) is 1.93. The average molecular weight is 325 g/mol. The predicted octanol–water partition coefficient (Wildman–Crippen LogP) is 4.33. The zero-order valence-electron chi connectivity index (χ0n) is 13.1. The van der Waals surface area contributed by atoms with Crippen molar-refractivity contribution in [3.63, 3.8) is 0 Å². The van der Waals surface area contributed by atoms with E-state index in [0.29, 0.717) is 18.4 Å². The first-order valence-electron chi connectivity index (χ1n) is 8.10. The molecular formula is C17H19N5S. The first-order valence-corrected chi connectivity index (χ1v) is 8.98. The maximum Gasteiger partial charge on any atom is 0.203 e. The van der Waals surface area contributed by atoms with Crippen molar-refractivity contribution in [2.45, 2.75) is 38.1 Å². The Morgan fingerprint density at radius 3 is 2.91 bits per heavy atom. The van der Waals surface area contributed by atoms with Crippen LogP contribution in [0.25, 0.3) is 21.3 Å². The molecule has 0 aliphatic heterocycles. The first-order chi connectivity index (χ1) is 11.3. The molecule has 1 N–H and O–H groups in total. The number of thiophene rings is 1. The Kier molecular flexibility index (Phi) is 3.66. The number of aromatic nitrogens is 3. The number of nitriles is 1. The lowest BCUT2D eigenvalue weighted by atomic mass is 9.84. The predicted molar refractivity (Wildman–Crippen MR) is 93.7 cm³/mol. The van der Waals surface area contributed by atoms with Crippen LogP contribution >= 0.6 is 11.3 Å². The molecule has 0 amide bonds. The largest absolute Gasteiger partial charge is 0.359 e. The minimum absolute atomic E-state index is 0.449. The smallest absolute Gasteiger partial charge is 0.203 e. The van der Waals surface area contributed by atoms with Crippen LogP contribution in [0.1, 0.15) is 38.1 Å². The van der Waals surface area contributed by atoms with Gasteiger partial charge in [0.15, 0.2) is 0 Å². The summed E-state index contributed by atoms with van der Waals surface area (Å²) >= 11 is 1.73. The van der Waals surface area contributed by atoms with Gasteiger partial charge in [0, 0.05) is 19.5 Å². The molecule has 3 aromatic rings. The lowest BCUT2D eigenvalue weighted by molar-refractivity contribution is 0.283. The lowest BCUT2D eigenvalue weighted by Gasteiger charge is -2.29. The molecule has 23 heavy (non-hydrogen) atoms. The molecule has 0 aromatic carbocycles. The Morgan fingerprint density at radius 1 is 1.35 bits per heavy atom. The van der Waals surface area contributed by atoms with Crippen LogP contribution in [-0.2, 0) is 0 Å². The van der Waals surface area contributed by atoms with E-state index in [4.69, 9.17) is 10.2 Å². The molecule has 0 saturated heterocycles. The van der Waals surface area contributed by atoms with E-state index in [0.717, 1.165) is 42.7 Å². The second-order valence-corrected chi connectivity index (χ2v) is 7.14. The molecule has 3 aromatic heterocycles. The van der Waals surface area contributed by atoms with Gasteiger partial charge in [0.05, 0.1) is 28.0 Å². The summed E-state index contributed by atoms with van der Waals surface area (Å²) in [6.45, 7) is 0. The zero-order chi connectivity index (χ0) is 15.8. The van der Waals surface area contributed by atoms with E-state index >= 15 is 0 Å². The monoisotopic (exact) mass is 325 g/mol. The van der Waals surface area contributed by atoms with Crippen molar-refractivity contribution in [3.05, 3.63) is 17.6 Å². The van der Waals surface area contributed by atoms with Crippen molar-refractivity contribution >= 4 is 38.5 Å². The van der Waals surface area contributed by atoms with Crippen molar-refractivity contribution < 1.29 is 0 Å². The number of nitrogens with one attached hydrogen (secondary N) is 1. The minimum Gasteiger partial charge on any atom is -0.359 e. The minimum atomic E-state index is 0.449. The van der Waals surface area contributed by atoms with Crippen LogP contribution in [0.5, 0.6) is 0 Å². The topological polar surface area (TPSA) is 66.5 Å². The average Bonchev–Trinajstić information content (AvgIpc) is 3.19.